The largest absolute Gasteiger partial charge is 0.495 e. The lowest BCUT2D eigenvalue weighted by Gasteiger charge is -2.36. The molecule has 0 bridgehead atoms. The second-order valence-electron chi connectivity index (χ2n) is 10.3. The highest BCUT2D eigenvalue weighted by molar-refractivity contribution is 6.41. The van der Waals surface area contributed by atoms with E-state index < -0.39 is 6.09 Å². The fourth-order valence-electron chi connectivity index (χ4n) is 5.07. The minimum absolute atomic E-state index is 0.235. The maximum absolute atomic E-state index is 12.9. The normalized spacial score (nSPS) is 14.3. The van der Waals surface area contributed by atoms with Crippen molar-refractivity contribution < 1.29 is 19.0 Å². The molecule has 1 aliphatic heterocycles. The molecule has 42 heavy (non-hydrogen) atoms. The molecule has 1 amide bonds. The number of anilines is 1. The van der Waals surface area contributed by atoms with E-state index in [0.29, 0.717) is 55.4 Å². The average Bonchev–Trinajstić information content (AvgIpc) is 2.99. The molecule has 0 radical (unpaired) electrons. The van der Waals surface area contributed by atoms with Crippen LogP contribution in [0.3, 0.4) is 0 Å². The summed E-state index contributed by atoms with van der Waals surface area (Å²) in [5.41, 5.74) is 3.68. The predicted octanol–water partition coefficient (Wildman–Crippen LogP) is 6.76. The number of methoxy groups -OCH3 is 2. The van der Waals surface area contributed by atoms with Gasteiger partial charge in [0.15, 0.2) is 5.75 Å². The van der Waals surface area contributed by atoms with E-state index in [4.69, 9.17) is 37.4 Å². The van der Waals surface area contributed by atoms with Gasteiger partial charge in [0, 0.05) is 74.0 Å². The zero-order valence-electron chi connectivity index (χ0n) is 24.0. The first-order valence-corrected chi connectivity index (χ1v) is 14.4. The summed E-state index contributed by atoms with van der Waals surface area (Å²) in [5.74, 6) is 1.02. The quantitative estimate of drug-likeness (QED) is 0.234. The van der Waals surface area contributed by atoms with Crippen molar-refractivity contribution >= 4 is 46.0 Å². The van der Waals surface area contributed by atoms with Gasteiger partial charge in [0.25, 0.3) is 0 Å². The number of piperazine rings is 1. The first-order valence-electron chi connectivity index (χ1n) is 13.7. The predicted molar refractivity (Wildman–Crippen MR) is 166 cm³/mol. The van der Waals surface area contributed by atoms with Gasteiger partial charge in [-0.1, -0.05) is 35.3 Å². The number of hydrogen-bond donors (Lipinski definition) is 1. The molecule has 0 atom stereocenters. The SMILES string of the molecule is COc1cc(OC)c(Cl)c(-c2ccc(OC(=O)Nc3ccc(CN4CCN(C(C)C)CC4)cc3)c3nccnc23)c1Cl. The molecule has 0 aliphatic carbocycles. The van der Waals surface area contributed by atoms with Gasteiger partial charge >= 0.3 is 6.09 Å². The Morgan fingerprint density at radius 3 is 2.10 bits per heavy atom. The van der Waals surface area contributed by atoms with Gasteiger partial charge in [0.05, 0.1) is 24.3 Å². The number of amides is 1. The van der Waals surface area contributed by atoms with Gasteiger partial charge in [-0.25, -0.2) is 9.78 Å². The minimum Gasteiger partial charge on any atom is -0.495 e. The van der Waals surface area contributed by atoms with Gasteiger partial charge in [-0.05, 0) is 43.7 Å². The molecule has 9 nitrogen and oxygen atoms in total. The van der Waals surface area contributed by atoms with Crippen LogP contribution in [0, 0.1) is 0 Å². The Bertz CT molecular complexity index is 1550. The number of benzene rings is 3. The number of halogens is 2. The van der Waals surface area contributed by atoms with Crippen LogP contribution < -0.4 is 19.5 Å². The van der Waals surface area contributed by atoms with Crippen LogP contribution in [0.25, 0.3) is 22.2 Å². The number of hydrogen-bond acceptors (Lipinski definition) is 8. The molecule has 1 fully saturated rings. The van der Waals surface area contributed by atoms with Gasteiger partial charge in [0.1, 0.15) is 22.5 Å². The Hall–Kier alpha value is -3.63. The van der Waals surface area contributed by atoms with Crippen LogP contribution in [0.2, 0.25) is 10.0 Å². The summed E-state index contributed by atoms with van der Waals surface area (Å²) in [4.78, 5) is 26.7. The summed E-state index contributed by atoms with van der Waals surface area (Å²) in [6.07, 6.45) is 2.42. The zero-order chi connectivity index (χ0) is 29.8. The average molecular weight is 611 g/mol. The summed E-state index contributed by atoms with van der Waals surface area (Å²) >= 11 is 13.3. The van der Waals surface area contributed by atoms with Gasteiger partial charge in [-0.15, -0.1) is 0 Å². The lowest BCUT2D eigenvalue weighted by Crippen LogP contribution is -2.48. The summed E-state index contributed by atoms with van der Waals surface area (Å²) < 4.78 is 16.5. The number of rotatable bonds is 8. The molecular weight excluding hydrogens is 577 g/mol. The van der Waals surface area contributed by atoms with E-state index in [-0.39, 0.29) is 5.75 Å². The highest BCUT2D eigenvalue weighted by atomic mass is 35.5. The molecule has 1 saturated heterocycles. The van der Waals surface area contributed by atoms with Gasteiger partial charge in [-0.2, -0.15) is 0 Å². The topological polar surface area (TPSA) is 89.1 Å². The third-order valence-electron chi connectivity index (χ3n) is 7.38. The van der Waals surface area contributed by atoms with Gasteiger partial charge in [0.2, 0.25) is 0 Å². The third-order valence-corrected chi connectivity index (χ3v) is 8.13. The molecule has 220 valence electrons. The Labute approximate surface area is 255 Å². The van der Waals surface area contributed by atoms with Crippen molar-refractivity contribution in [3.05, 3.63) is 70.5 Å². The fraction of sp³-hybridized carbons (Fsp3) is 0.323. The van der Waals surface area contributed by atoms with Crippen LogP contribution >= 0.6 is 23.2 Å². The molecule has 5 rings (SSSR count). The molecule has 3 aromatic carbocycles. The second-order valence-corrected chi connectivity index (χ2v) is 11.0. The molecular formula is C31H33Cl2N5O4. The number of aromatic nitrogens is 2. The van der Waals surface area contributed by atoms with E-state index in [0.717, 1.165) is 32.7 Å². The number of nitrogens with zero attached hydrogens (tertiary/aromatic N) is 4. The lowest BCUT2D eigenvalue weighted by atomic mass is 10.0. The summed E-state index contributed by atoms with van der Waals surface area (Å²) in [5, 5.41) is 3.38. The molecule has 0 saturated carbocycles. The van der Waals surface area contributed by atoms with Crippen molar-refractivity contribution in [3.8, 4) is 28.4 Å². The van der Waals surface area contributed by atoms with Crippen LogP contribution in [-0.2, 0) is 6.54 Å². The van der Waals surface area contributed by atoms with Crippen molar-refractivity contribution in [1.29, 1.82) is 0 Å². The number of fused-ring (bicyclic) bond motifs is 1. The number of ether oxygens (including phenoxy) is 3. The van der Waals surface area contributed by atoms with Crippen molar-refractivity contribution in [2.45, 2.75) is 26.4 Å². The van der Waals surface area contributed by atoms with Crippen LogP contribution in [0.4, 0.5) is 10.5 Å². The van der Waals surface area contributed by atoms with E-state index >= 15 is 0 Å². The molecule has 1 aliphatic rings. The Balaban J connectivity index is 1.31. The monoisotopic (exact) mass is 609 g/mol. The first kappa shape index (κ1) is 29.8. The molecule has 1 aromatic heterocycles. The van der Waals surface area contributed by atoms with E-state index in [2.05, 4.69) is 38.9 Å². The number of carbonyl (C=O) groups excluding carboxylic acids is 1. The highest BCUT2D eigenvalue weighted by Crippen LogP contribution is 2.48. The van der Waals surface area contributed by atoms with Crippen molar-refractivity contribution in [1.82, 2.24) is 19.8 Å². The molecule has 0 unspecified atom stereocenters. The Morgan fingerprint density at radius 2 is 1.50 bits per heavy atom. The molecule has 11 heteroatoms. The van der Waals surface area contributed by atoms with E-state index in [1.54, 1.807) is 24.4 Å². The molecule has 2 heterocycles. The van der Waals surface area contributed by atoms with Crippen LogP contribution in [0.1, 0.15) is 19.4 Å². The fourth-order valence-corrected chi connectivity index (χ4v) is 5.78. The van der Waals surface area contributed by atoms with E-state index in [9.17, 15) is 4.79 Å². The van der Waals surface area contributed by atoms with Gasteiger partial charge < -0.3 is 14.2 Å². The number of carbonyl (C=O) groups is 1. The van der Waals surface area contributed by atoms with Crippen molar-refractivity contribution in [2.24, 2.45) is 0 Å². The van der Waals surface area contributed by atoms with Crippen LogP contribution in [0.5, 0.6) is 17.2 Å². The second kappa shape index (κ2) is 13.1. The third kappa shape index (κ3) is 6.39. The maximum atomic E-state index is 12.9. The van der Waals surface area contributed by atoms with Gasteiger partial charge in [-0.3, -0.25) is 20.1 Å². The maximum Gasteiger partial charge on any atom is 0.417 e. The summed E-state index contributed by atoms with van der Waals surface area (Å²) in [6, 6.07) is 13.4. The van der Waals surface area contributed by atoms with E-state index in [1.807, 2.05) is 24.3 Å². The first-order chi connectivity index (χ1) is 20.3. The summed E-state index contributed by atoms with van der Waals surface area (Å²) in [7, 11) is 3.02. The Morgan fingerprint density at radius 1 is 0.881 bits per heavy atom. The molecule has 1 N–H and O–H groups in total. The smallest absolute Gasteiger partial charge is 0.417 e. The van der Waals surface area contributed by atoms with E-state index in [1.165, 1.54) is 26.0 Å². The summed E-state index contributed by atoms with van der Waals surface area (Å²) in [6.45, 7) is 9.61. The molecule has 0 spiro atoms. The zero-order valence-corrected chi connectivity index (χ0v) is 25.5. The highest BCUT2D eigenvalue weighted by Gasteiger charge is 2.23. The van der Waals surface area contributed by atoms with Crippen molar-refractivity contribution in [3.63, 3.8) is 0 Å². The van der Waals surface area contributed by atoms with Crippen LogP contribution in [-0.4, -0.2) is 72.3 Å². The standard InChI is InChI=1S/C31H33Cl2N5O4/c1-19(2)38-15-13-37(14-16-38)18-20-5-7-21(8-6-20)36-31(39)42-23-10-9-22(29-30(23)35-12-11-34-29)26-27(32)24(40-3)17-25(41-4)28(26)33/h5-12,17,19H,13-16,18H2,1-4H3,(H,36,39). The molecule has 4 aromatic rings. The lowest BCUT2D eigenvalue weighted by molar-refractivity contribution is 0.104. The minimum atomic E-state index is -0.647. The van der Waals surface area contributed by atoms with Crippen molar-refractivity contribution in [2.75, 3.05) is 45.7 Å². The van der Waals surface area contributed by atoms with Crippen LogP contribution in [0.15, 0.2) is 54.9 Å². The Kier molecular flexibility index (Phi) is 9.33. The number of nitrogens with one attached hydrogen (secondary N) is 1.